The van der Waals surface area contributed by atoms with Crippen molar-refractivity contribution in [1.82, 2.24) is 10.6 Å². The van der Waals surface area contributed by atoms with Crippen LogP contribution in [0.2, 0.25) is 0 Å². The molecule has 3 nitrogen and oxygen atoms in total. The van der Waals surface area contributed by atoms with Gasteiger partial charge in [-0.15, -0.1) is 0 Å². The van der Waals surface area contributed by atoms with E-state index in [0.717, 1.165) is 31.7 Å². The van der Waals surface area contributed by atoms with Crippen LogP contribution in [0.4, 0.5) is 4.79 Å². The Morgan fingerprint density at radius 2 is 1.59 bits per heavy atom. The van der Waals surface area contributed by atoms with E-state index in [1.807, 2.05) is 0 Å². The van der Waals surface area contributed by atoms with E-state index in [9.17, 15) is 4.79 Å². The van der Waals surface area contributed by atoms with Crippen LogP contribution in [-0.4, -0.2) is 18.6 Å². The quantitative estimate of drug-likeness (QED) is 0.776. The van der Waals surface area contributed by atoms with Crippen LogP contribution >= 0.6 is 0 Å². The Labute approximate surface area is 105 Å². The number of nitrogens with one attached hydrogen (secondary N) is 2. The lowest BCUT2D eigenvalue weighted by Crippen LogP contribution is -2.43. The summed E-state index contributed by atoms with van der Waals surface area (Å²) >= 11 is 0. The molecule has 2 N–H and O–H groups in total. The summed E-state index contributed by atoms with van der Waals surface area (Å²) < 4.78 is 0. The van der Waals surface area contributed by atoms with Gasteiger partial charge in [-0.05, 0) is 25.2 Å². The van der Waals surface area contributed by atoms with Gasteiger partial charge < -0.3 is 10.6 Å². The first-order valence-electron chi connectivity index (χ1n) is 7.39. The van der Waals surface area contributed by atoms with Crippen molar-refractivity contribution in [2.75, 3.05) is 6.54 Å². The summed E-state index contributed by atoms with van der Waals surface area (Å²) in [5.74, 6) is 0.866. The molecule has 98 valence electrons. The second-order valence-electron chi connectivity index (χ2n) is 5.67. The van der Waals surface area contributed by atoms with Gasteiger partial charge >= 0.3 is 6.03 Å². The third-order valence-electron chi connectivity index (χ3n) is 4.25. The summed E-state index contributed by atoms with van der Waals surface area (Å²) in [5.41, 5.74) is 0. The molecule has 0 bridgehead atoms. The van der Waals surface area contributed by atoms with Gasteiger partial charge in [-0.1, -0.05) is 44.9 Å². The fourth-order valence-electron chi connectivity index (χ4n) is 3.17. The maximum atomic E-state index is 11.7. The molecular weight excluding hydrogens is 212 g/mol. The van der Waals surface area contributed by atoms with E-state index in [0.29, 0.717) is 6.04 Å². The number of hydrogen-bond donors (Lipinski definition) is 2. The predicted molar refractivity (Wildman–Crippen MR) is 70.0 cm³/mol. The van der Waals surface area contributed by atoms with Gasteiger partial charge in [0, 0.05) is 12.6 Å². The highest BCUT2D eigenvalue weighted by Crippen LogP contribution is 2.26. The Morgan fingerprint density at radius 3 is 2.29 bits per heavy atom. The molecule has 0 unspecified atom stereocenters. The van der Waals surface area contributed by atoms with Crippen molar-refractivity contribution in [1.29, 1.82) is 0 Å². The Hall–Kier alpha value is -0.730. The molecule has 2 amide bonds. The molecule has 17 heavy (non-hydrogen) atoms. The lowest BCUT2D eigenvalue weighted by Gasteiger charge is -2.23. The van der Waals surface area contributed by atoms with E-state index in [4.69, 9.17) is 0 Å². The minimum absolute atomic E-state index is 0.0508. The molecule has 0 aromatic heterocycles. The van der Waals surface area contributed by atoms with Crippen LogP contribution in [0.3, 0.4) is 0 Å². The fraction of sp³-hybridized carbons (Fsp3) is 0.929. The van der Waals surface area contributed by atoms with E-state index in [2.05, 4.69) is 10.6 Å². The summed E-state index contributed by atoms with van der Waals surface area (Å²) in [6, 6.07) is 0.477. The number of carbonyl (C=O) groups is 1. The maximum absolute atomic E-state index is 11.7. The zero-order chi connectivity index (χ0) is 11.9. The Morgan fingerprint density at radius 1 is 0.941 bits per heavy atom. The molecule has 0 atom stereocenters. The van der Waals surface area contributed by atoms with Gasteiger partial charge in [0.1, 0.15) is 0 Å². The smallest absolute Gasteiger partial charge is 0.315 e. The molecule has 0 spiro atoms. The summed E-state index contributed by atoms with van der Waals surface area (Å²) in [7, 11) is 0. The van der Waals surface area contributed by atoms with Crippen molar-refractivity contribution in [3.63, 3.8) is 0 Å². The second kappa shape index (κ2) is 6.87. The van der Waals surface area contributed by atoms with Crippen molar-refractivity contribution < 1.29 is 4.79 Å². The number of amides is 2. The topological polar surface area (TPSA) is 41.1 Å². The number of carbonyl (C=O) groups excluding carboxylic acids is 1. The van der Waals surface area contributed by atoms with Crippen molar-refractivity contribution in [2.24, 2.45) is 5.92 Å². The molecular formula is C14H26N2O. The van der Waals surface area contributed by atoms with Gasteiger partial charge in [0.2, 0.25) is 0 Å². The van der Waals surface area contributed by atoms with E-state index < -0.39 is 0 Å². The molecule has 0 aromatic rings. The molecule has 2 fully saturated rings. The number of rotatable bonds is 4. The van der Waals surface area contributed by atoms with Crippen molar-refractivity contribution >= 4 is 6.03 Å². The molecule has 2 aliphatic carbocycles. The van der Waals surface area contributed by atoms with Crippen LogP contribution in [0.5, 0.6) is 0 Å². The van der Waals surface area contributed by atoms with Crippen LogP contribution in [0.25, 0.3) is 0 Å². The van der Waals surface area contributed by atoms with Gasteiger partial charge in [0.25, 0.3) is 0 Å². The summed E-state index contributed by atoms with van der Waals surface area (Å²) in [5, 5.41) is 6.10. The Balaban J connectivity index is 1.53. The Kier molecular flexibility index (Phi) is 5.14. The fourth-order valence-corrected chi connectivity index (χ4v) is 3.17. The first kappa shape index (κ1) is 12.7. The minimum atomic E-state index is 0.0508. The SMILES string of the molecule is O=C(NCCC1CCCC1)NC1CCCCC1. The minimum Gasteiger partial charge on any atom is -0.338 e. The van der Waals surface area contributed by atoms with E-state index in [1.54, 1.807) is 0 Å². The third-order valence-corrected chi connectivity index (χ3v) is 4.25. The molecule has 0 saturated heterocycles. The summed E-state index contributed by atoms with van der Waals surface area (Å²) in [4.78, 5) is 11.7. The van der Waals surface area contributed by atoms with Crippen LogP contribution in [-0.2, 0) is 0 Å². The third kappa shape index (κ3) is 4.57. The standard InChI is InChI=1S/C14H26N2O/c17-14(16-13-8-2-1-3-9-13)15-11-10-12-6-4-5-7-12/h12-13H,1-11H2,(H2,15,16,17). The van der Waals surface area contributed by atoms with Crippen LogP contribution < -0.4 is 10.6 Å². The van der Waals surface area contributed by atoms with E-state index in [-0.39, 0.29) is 6.03 Å². The molecule has 2 saturated carbocycles. The highest BCUT2D eigenvalue weighted by atomic mass is 16.2. The lowest BCUT2D eigenvalue weighted by atomic mass is 9.96. The normalized spacial score (nSPS) is 22.6. The van der Waals surface area contributed by atoms with Gasteiger partial charge in [-0.3, -0.25) is 0 Å². The van der Waals surface area contributed by atoms with Crippen molar-refractivity contribution in [3.05, 3.63) is 0 Å². The monoisotopic (exact) mass is 238 g/mol. The molecule has 2 aliphatic rings. The van der Waals surface area contributed by atoms with E-state index in [1.165, 1.54) is 44.9 Å². The summed E-state index contributed by atoms with van der Waals surface area (Å²) in [6.07, 6.45) is 12.9. The average molecular weight is 238 g/mol. The van der Waals surface area contributed by atoms with Gasteiger partial charge in [-0.2, -0.15) is 0 Å². The predicted octanol–water partition coefficient (Wildman–Crippen LogP) is 3.20. The highest BCUT2D eigenvalue weighted by molar-refractivity contribution is 5.74. The maximum Gasteiger partial charge on any atom is 0.315 e. The zero-order valence-corrected chi connectivity index (χ0v) is 10.8. The van der Waals surface area contributed by atoms with Crippen molar-refractivity contribution in [3.8, 4) is 0 Å². The molecule has 0 radical (unpaired) electrons. The van der Waals surface area contributed by atoms with Crippen molar-refractivity contribution in [2.45, 2.75) is 70.3 Å². The largest absolute Gasteiger partial charge is 0.338 e. The first-order valence-corrected chi connectivity index (χ1v) is 7.39. The van der Waals surface area contributed by atoms with Gasteiger partial charge in [-0.25, -0.2) is 4.79 Å². The van der Waals surface area contributed by atoms with Gasteiger partial charge in [0.05, 0.1) is 0 Å². The average Bonchev–Trinajstić information content (AvgIpc) is 2.83. The van der Waals surface area contributed by atoms with E-state index >= 15 is 0 Å². The van der Waals surface area contributed by atoms with Crippen LogP contribution in [0, 0.1) is 5.92 Å². The number of hydrogen-bond acceptors (Lipinski definition) is 1. The zero-order valence-electron chi connectivity index (χ0n) is 10.8. The highest BCUT2D eigenvalue weighted by Gasteiger charge is 2.17. The number of urea groups is 1. The first-order chi connectivity index (χ1) is 8.34. The van der Waals surface area contributed by atoms with Crippen LogP contribution in [0.15, 0.2) is 0 Å². The van der Waals surface area contributed by atoms with Crippen LogP contribution in [0.1, 0.15) is 64.2 Å². The van der Waals surface area contributed by atoms with Gasteiger partial charge in [0.15, 0.2) is 0 Å². The summed E-state index contributed by atoms with van der Waals surface area (Å²) in [6.45, 7) is 0.850. The molecule has 0 heterocycles. The molecule has 2 rings (SSSR count). The molecule has 3 heteroatoms. The lowest BCUT2D eigenvalue weighted by molar-refractivity contribution is 0.232. The molecule has 0 aliphatic heterocycles. The molecule has 0 aromatic carbocycles. The Bertz CT molecular complexity index is 230. The second-order valence-corrected chi connectivity index (χ2v) is 5.67.